The van der Waals surface area contributed by atoms with E-state index >= 15 is 0 Å². The molecule has 0 spiro atoms. The molecule has 0 radical (unpaired) electrons. The lowest BCUT2D eigenvalue weighted by Gasteiger charge is -2.06. The first-order valence-electron chi connectivity index (χ1n) is 7.18. The normalized spacial score (nSPS) is 11.6. The van der Waals surface area contributed by atoms with Gasteiger partial charge in [-0.2, -0.15) is 5.10 Å². The van der Waals surface area contributed by atoms with Crippen molar-refractivity contribution >= 4 is 22.7 Å². The molecular weight excluding hydrogens is 310 g/mol. The number of hydrazone groups is 1. The fraction of sp³-hybridized carbons (Fsp3) is 0.125. The Morgan fingerprint density at radius 3 is 2.83 bits per heavy atom. The molecule has 8 heteroatoms. The molecule has 24 heavy (non-hydrogen) atoms. The number of benzene rings is 2. The van der Waals surface area contributed by atoms with Crippen LogP contribution in [0.4, 0.5) is 0 Å². The van der Waals surface area contributed by atoms with Gasteiger partial charge < -0.3 is 10.2 Å². The molecule has 0 atom stereocenters. The number of phenols is 2. The molecule has 3 N–H and O–H groups in total. The lowest BCUT2D eigenvalue weighted by atomic mass is 10.1. The molecule has 1 aromatic heterocycles. The highest BCUT2D eigenvalue weighted by Crippen LogP contribution is 2.22. The van der Waals surface area contributed by atoms with Gasteiger partial charge in [0.1, 0.15) is 23.6 Å². The van der Waals surface area contributed by atoms with Crippen LogP contribution >= 0.6 is 0 Å². The molecule has 8 nitrogen and oxygen atoms in total. The zero-order chi connectivity index (χ0) is 17.1. The summed E-state index contributed by atoms with van der Waals surface area (Å²) in [6.07, 6.45) is 0. The standard InChI is InChI=1S/C16H15N5O3/c1-10(12-7-6-11(22)8-15(12)23)17-19-16(24)9-21-14-5-3-2-4-13(14)18-20-21/h2-8,22-23H,9H2,1H3,(H,19,24). The van der Waals surface area contributed by atoms with E-state index in [1.54, 1.807) is 6.92 Å². The molecule has 1 amide bonds. The molecule has 0 aliphatic heterocycles. The van der Waals surface area contributed by atoms with E-state index in [1.807, 2.05) is 24.3 Å². The van der Waals surface area contributed by atoms with E-state index in [1.165, 1.54) is 22.9 Å². The predicted molar refractivity (Wildman–Crippen MR) is 87.7 cm³/mol. The average molecular weight is 325 g/mol. The van der Waals surface area contributed by atoms with Gasteiger partial charge in [0.2, 0.25) is 0 Å². The first kappa shape index (κ1) is 15.5. The van der Waals surface area contributed by atoms with Crippen LogP contribution in [0.5, 0.6) is 11.5 Å². The molecule has 122 valence electrons. The minimum atomic E-state index is -0.372. The van der Waals surface area contributed by atoms with Crippen LogP contribution in [0.2, 0.25) is 0 Å². The van der Waals surface area contributed by atoms with E-state index in [4.69, 9.17) is 0 Å². The smallest absolute Gasteiger partial charge is 0.261 e. The lowest BCUT2D eigenvalue weighted by molar-refractivity contribution is -0.121. The monoisotopic (exact) mass is 325 g/mol. The van der Waals surface area contributed by atoms with Crippen molar-refractivity contribution in [2.24, 2.45) is 5.10 Å². The number of fused-ring (bicyclic) bond motifs is 1. The number of nitrogens with zero attached hydrogens (tertiary/aromatic N) is 4. The summed E-state index contributed by atoms with van der Waals surface area (Å²) < 4.78 is 1.48. The van der Waals surface area contributed by atoms with Gasteiger partial charge in [-0.05, 0) is 31.2 Å². The highest BCUT2D eigenvalue weighted by molar-refractivity contribution is 6.01. The third-order valence-electron chi connectivity index (χ3n) is 3.43. The second kappa shape index (κ2) is 6.37. The molecule has 2 aromatic carbocycles. The second-order valence-electron chi connectivity index (χ2n) is 5.17. The molecular formula is C16H15N5O3. The van der Waals surface area contributed by atoms with Gasteiger partial charge in [0.15, 0.2) is 0 Å². The minimum absolute atomic E-state index is 0.0289. The van der Waals surface area contributed by atoms with Crippen molar-refractivity contribution in [3.8, 4) is 11.5 Å². The molecule has 0 aliphatic carbocycles. The maximum atomic E-state index is 12.0. The number of para-hydroxylation sites is 1. The summed E-state index contributed by atoms with van der Waals surface area (Å²) in [7, 11) is 0. The summed E-state index contributed by atoms with van der Waals surface area (Å²) in [5.74, 6) is -0.540. The molecule has 0 unspecified atom stereocenters. The topological polar surface area (TPSA) is 113 Å². The molecule has 0 aliphatic rings. The number of nitrogens with one attached hydrogen (secondary N) is 1. The number of aromatic nitrogens is 3. The van der Waals surface area contributed by atoms with Crippen LogP contribution < -0.4 is 5.43 Å². The van der Waals surface area contributed by atoms with E-state index in [0.717, 1.165) is 5.52 Å². The van der Waals surface area contributed by atoms with Crippen LogP contribution in [-0.2, 0) is 11.3 Å². The van der Waals surface area contributed by atoms with Gasteiger partial charge in [0, 0.05) is 11.6 Å². The number of hydrogen-bond acceptors (Lipinski definition) is 6. The summed E-state index contributed by atoms with van der Waals surface area (Å²) in [5, 5.41) is 30.9. The Kier molecular flexibility index (Phi) is 4.11. The first-order valence-corrected chi connectivity index (χ1v) is 7.18. The van der Waals surface area contributed by atoms with Crippen molar-refractivity contribution in [1.82, 2.24) is 20.4 Å². The Balaban J connectivity index is 1.70. The SMILES string of the molecule is CC(=NNC(=O)Cn1nnc2ccccc21)c1ccc(O)cc1O. The quantitative estimate of drug-likeness (QED) is 0.495. The van der Waals surface area contributed by atoms with E-state index < -0.39 is 0 Å². The van der Waals surface area contributed by atoms with Gasteiger partial charge in [-0.3, -0.25) is 4.79 Å². The van der Waals surface area contributed by atoms with Gasteiger partial charge in [-0.25, -0.2) is 10.1 Å². The number of phenolic OH excluding ortho intramolecular Hbond substituents is 2. The molecule has 0 bridgehead atoms. The average Bonchev–Trinajstić information content (AvgIpc) is 2.96. The number of rotatable bonds is 4. The Hall–Kier alpha value is -3.42. The van der Waals surface area contributed by atoms with Gasteiger partial charge in [-0.1, -0.05) is 17.3 Å². The van der Waals surface area contributed by atoms with Gasteiger partial charge >= 0.3 is 0 Å². The second-order valence-corrected chi connectivity index (χ2v) is 5.17. The van der Waals surface area contributed by atoms with Crippen molar-refractivity contribution in [3.63, 3.8) is 0 Å². The number of carbonyl (C=O) groups excluding carboxylic acids is 1. The van der Waals surface area contributed by atoms with Crippen LogP contribution in [0.25, 0.3) is 11.0 Å². The molecule has 0 fully saturated rings. The zero-order valence-electron chi connectivity index (χ0n) is 12.8. The minimum Gasteiger partial charge on any atom is -0.508 e. The van der Waals surface area contributed by atoms with E-state index in [9.17, 15) is 15.0 Å². The zero-order valence-corrected chi connectivity index (χ0v) is 12.8. The maximum Gasteiger partial charge on any atom is 0.261 e. The summed E-state index contributed by atoms with van der Waals surface area (Å²) in [5.41, 5.74) is 4.70. The number of amides is 1. The number of hydrogen-bond donors (Lipinski definition) is 3. The molecule has 1 heterocycles. The molecule has 3 rings (SSSR count). The lowest BCUT2D eigenvalue weighted by Crippen LogP contribution is -2.24. The van der Waals surface area contributed by atoms with Gasteiger partial charge in [0.25, 0.3) is 5.91 Å². The van der Waals surface area contributed by atoms with Gasteiger partial charge in [-0.15, -0.1) is 5.10 Å². The summed E-state index contributed by atoms with van der Waals surface area (Å²) in [4.78, 5) is 12.0. The summed E-state index contributed by atoms with van der Waals surface area (Å²) in [6.45, 7) is 1.61. The predicted octanol–water partition coefficient (Wildman–Crippen LogP) is 1.38. The summed E-state index contributed by atoms with van der Waals surface area (Å²) in [6, 6.07) is 11.5. The third kappa shape index (κ3) is 3.17. The Bertz CT molecular complexity index is 932. The largest absolute Gasteiger partial charge is 0.508 e. The highest BCUT2D eigenvalue weighted by Gasteiger charge is 2.09. The van der Waals surface area contributed by atoms with Crippen molar-refractivity contribution in [1.29, 1.82) is 0 Å². The highest BCUT2D eigenvalue weighted by atomic mass is 16.3. The van der Waals surface area contributed by atoms with Crippen LogP contribution in [0.3, 0.4) is 0 Å². The Morgan fingerprint density at radius 1 is 1.25 bits per heavy atom. The van der Waals surface area contributed by atoms with E-state index in [-0.39, 0.29) is 24.0 Å². The fourth-order valence-corrected chi connectivity index (χ4v) is 2.24. The van der Waals surface area contributed by atoms with Crippen LogP contribution in [0.15, 0.2) is 47.6 Å². The van der Waals surface area contributed by atoms with Crippen LogP contribution in [-0.4, -0.2) is 36.8 Å². The third-order valence-corrected chi connectivity index (χ3v) is 3.43. The van der Waals surface area contributed by atoms with Crippen molar-refractivity contribution < 1.29 is 15.0 Å². The van der Waals surface area contributed by atoms with Crippen LogP contribution in [0, 0.1) is 0 Å². The van der Waals surface area contributed by atoms with Crippen molar-refractivity contribution in [2.75, 3.05) is 0 Å². The van der Waals surface area contributed by atoms with E-state index in [0.29, 0.717) is 16.8 Å². The molecule has 0 saturated heterocycles. The van der Waals surface area contributed by atoms with Crippen molar-refractivity contribution in [2.45, 2.75) is 13.5 Å². The van der Waals surface area contributed by atoms with E-state index in [2.05, 4.69) is 20.8 Å². The maximum absolute atomic E-state index is 12.0. The van der Waals surface area contributed by atoms with Crippen molar-refractivity contribution in [3.05, 3.63) is 48.0 Å². The number of aromatic hydroxyl groups is 2. The molecule has 0 saturated carbocycles. The fourth-order valence-electron chi connectivity index (χ4n) is 2.24. The van der Waals surface area contributed by atoms with Gasteiger partial charge in [0.05, 0.1) is 11.2 Å². The Morgan fingerprint density at radius 2 is 2.04 bits per heavy atom. The first-order chi connectivity index (χ1) is 11.5. The summed E-state index contributed by atoms with van der Waals surface area (Å²) >= 11 is 0. The van der Waals surface area contributed by atoms with Crippen LogP contribution in [0.1, 0.15) is 12.5 Å². The molecule has 3 aromatic rings. The number of carbonyl (C=O) groups is 1. The Labute approximate surface area is 137 Å².